The maximum atomic E-state index is 13.8. The Morgan fingerprint density at radius 2 is 1.88 bits per heavy atom. The first kappa shape index (κ1) is 18.0. The normalized spacial score (nSPS) is 14.4. The number of hydrogen-bond donors (Lipinski definition) is 1. The van der Waals surface area contributed by atoms with E-state index in [-0.39, 0.29) is 30.6 Å². The molecule has 0 bridgehead atoms. The standard InChI is InChI=1S/C19H22FN3O3/c1-14-15(7-13-26-14)19(25)21-8-6-18(24)23-11-9-22(10-12-23)17-5-3-2-4-16(17)20/h2-5,7,13H,6,8-12H2,1H3,(H,21,25). The molecule has 6 nitrogen and oxygen atoms in total. The largest absolute Gasteiger partial charge is 0.469 e. The van der Waals surface area contributed by atoms with Gasteiger partial charge >= 0.3 is 0 Å². The predicted molar refractivity (Wildman–Crippen MR) is 95.6 cm³/mol. The Balaban J connectivity index is 1.43. The van der Waals surface area contributed by atoms with E-state index >= 15 is 0 Å². The molecule has 0 spiro atoms. The molecule has 0 saturated carbocycles. The molecule has 1 aliphatic heterocycles. The smallest absolute Gasteiger partial charge is 0.254 e. The van der Waals surface area contributed by atoms with E-state index < -0.39 is 0 Å². The van der Waals surface area contributed by atoms with Crippen molar-refractivity contribution in [3.8, 4) is 0 Å². The van der Waals surface area contributed by atoms with Crippen molar-refractivity contribution in [2.24, 2.45) is 0 Å². The minimum atomic E-state index is -0.246. The zero-order valence-corrected chi connectivity index (χ0v) is 14.7. The van der Waals surface area contributed by atoms with Gasteiger partial charge in [0.1, 0.15) is 11.6 Å². The second kappa shape index (κ2) is 8.03. The van der Waals surface area contributed by atoms with Gasteiger partial charge in [-0.15, -0.1) is 0 Å². The van der Waals surface area contributed by atoms with Crippen LogP contribution in [-0.4, -0.2) is 49.4 Å². The molecule has 0 atom stereocenters. The summed E-state index contributed by atoms with van der Waals surface area (Å²) in [6.45, 7) is 4.26. The lowest BCUT2D eigenvalue weighted by Gasteiger charge is -2.36. The van der Waals surface area contributed by atoms with Crippen molar-refractivity contribution < 1.29 is 18.4 Å². The quantitative estimate of drug-likeness (QED) is 0.889. The molecule has 0 unspecified atom stereocenters. The third-order valence-electron chi connectivity index (χ3n) is 4.55. The highest BCUT2D eigenvalue weighted by atomic mass is 19.1. The van der Waals surface area contributed by atoms with Crippen LogP contribution in [0.25, 0.3) is 0 Å². The van der Waals surface area contributed by atoms with Gasteiger partial charge < -0.3 is 19.5 Å². The molecule has 2 aromatic rings. The average molecular weight is 359 g/mol. The van der Waals surface area contributed by atoms with Gasteiger partial charge in [0.2, 0.25) is 5.91 Å². The van der Waals surface area contributed by atoms with E-state index in [0.29, 0.717) is 43.2 Å². The van der Waals surface area contributed by atoms with Gasteiger partial charge in [0, 0.05) is 39.1 Å². The Bertz CT molecular complexity index is 782. The van der Waals surface area contributed by atoms with Gasteiger partial charge in [-0.05, 0) is 25.1 Å². The predicted octanol–water partition coefficient (Wildman–Crippen LogP) is 2.20. The second-order valence-corrected chi connectivity index (χ2v) is 6.22. The Hall–Kier alpha value is -2.83. The molecule has 1 aromatic carbocycles. The maximum absolute atomic E-state index is 13.8. The molecule has 1 saturated heterocycles. The number of hydrogen-bond acceptors (Lipinski definition) is 4. The minimum absolute atomic E-state index is 0.0117. The van der Waals surface area contributed by atoms with Crippen molar-refractivity contribution in [1.82, 2.24) is 10.2 Å². The van der Waals surface area contributed by atoms with Crippen molar-refractivity contribution in [3.63, 3.8) is 0 Å². The number of amides is 2. The molecule has 2 amide bonds. The van der Waals surface area contributed by atoms with Crippen LogP contribution in [0.2, 0.25) is 0 Å². The summed E-state index contributed by atoms with van der Waals surface area (Å²) < 4.78 is 18.9. The van der Waals surface area contributed by atoms with Crippen molar-refractivity contribution in [1.29, 1.82) is 0 Å². The number of piperazine rings is 1. The average Bonchev–Trinajstić information content (AvgIpc) is 3.08. The number of nitrogens with one attached hydrogen (secondary N) is 1. The zero-order chi connectivity index (χ0) is 18.5. The summed E-state index contributed by atoms with van der Waals surface area (Å²) in [4.78, 5) is 28.0. The van der Waals surface area contributed by atoms with Crippen LogP contribution in [0.1, 0.15) is 22.5 Å². The Kier molecular flexibility index (Phi) is 5.55. The van der Waals surface area contributed by atoms with Crippen LogP contribution in [0, 0.1) is 12.7 Å². The Morgan fingerprint density at radius 3 is 2.54 bits per heavy atom. The summed E-state index contributed by atoms with van der Waals surface area (Å²) in [6, 6.07) is 8.27. The molecule has 1 fully saturated rings. The van der Waals surface area contributed by atoms with Crippen LogP contribution in [0.15, 0.2) is 41.0 Å². The topological polar surface area (TPSA) is 65.8 Å². The fourth-order valence-electron chi connectivity index (χ4n) is 3.06. The highest BCUT2D eigenvalue weighted by Crippen LogP contribution is 2.20. The number of carbonyl (C=O) groups excluding carboxylic acids is 2. The molecule has 26 heavy (non-hydrogen) atoms. The number of carbonyl (C=O) groups is 2. The van der Waals surface area contributed by atoms with Crippen LogP contribution in [0.4, 0.5) is 10.1 Å². The number of para-hydroxylation sites is 1. The number of benzene rings is 1. The lowest BCUT2D eigenvalue weighted by molar-refractivity contribution is -0.131. The van der Waals surface area contributed by atoms with Crippen molar-refractivity contribution in [3.05, 3.63) is 53.7 Å². The van der Waals surface area contributed by atoms with Gasteiger partial charge in [0.05, 0.1) is 17.5 Å². The molecular weight excluding hydrogens is 337 g/mol. The van der Waals surface area contributed by atoms with Crippen LogP contribution < -0.4 is 10.2 Å². The fourth-order valence-corrected chi connectivity index (χ4v) is 3.06. The number of aryl methyl sites for hydroxylation is 1. The molecule has 3 rings (SSSR count). The van der Waals surface area contributed by atoms with Gasteiger partial charge in [-0.25, -0.2) is 4.39 Å². The van der Waals surface area contributed by atoms with Gasteiger partial charge in [-0.3, -0.25) is 9.59 Å². The van der Waals surface area contributed by atoms with Crippen LogP contribution in [0.3, 0.4) is 0 Å². The SMILES string of the molecule is Cc1occc1C(=O)NCCC(=O)N1CCN(c2ccccc2F)CC1. The molecule has 0 radical (unpaired) electrons. The first-order chi connectivity index (χ1) is 12.6. The number of anilines is 1. The van der Waals surface area contributed by atoms with Gasteiger partial charge in [0.15, 0.2) is 0 Å². The van der Waals surface area contributed by atoms with E-state index in [9.17, 15) is 14.0 Å². The van der Waals surface area contributed by atoms with Crippen molar-refractivity contribution >= 4 is 17.5 Å². The highest BCUT2D eigenvalue weighted by molar-refractivity contribution is 5.95. The summed E-state index contributed by atoms with van der Waals surface area (Å²) in [5, 5.41) is 2.73. The van der Waals surface area contributed by atoms with E-state index in [0.717, 1.165) is 0 Å². The lowest BCUT2D eigenvalue weighted by atomic mass is 10.2. The Morgan fingerprint density at radius 1 is 1.15 bits per heavy atom. The Labute approximate surface area is 151 Å². The number of furan rings is 1. The molecule has 1 aliphatic rings. The summed E-state index contributed by atoms with van der Waals surface area (Å²) in [6.07, 6.45) is 1.70. The lowest BCUT2D eigenvalue weighted by Crippen LogP contribution is -2.49. The van der Waals surface area contributed by atoms with E-state index in [2.05, 4.69) is 5.32 Å². The summed E-state index contributed by atoms with van der Waals surface area (Å²) in [5.74, 6) is 0.0541. The van der Waals surface area contributed by atoms with Gasteiger partial charge in [-0.2, -0.15) is 0 Å². The third kappa shape index (κ3) is 4.04. The van der Waals surface area contributed by atoms with E-state index in [1.165, 1.54) is 12.3 Å². The molecule has 2 heterocycles. The monoisotopic (exact) mass is 359 g/mol. The summed E-state index contributed by atoms with van der Waals surface area (Å²) in [7, 11) is 0. The van der Waals surface area contributed by atoms with E-state index in [4.69, 9.17) is 4.42 Å². The minimum Gasteiger partial charge on any atom is -0.469 e. The molecule has 0 aliphatic carbocycles. The van der Waals surface area contributed by atoms with Crippen LogP contribution in [0.5, 0.6) is 0 Å². The van der Waals surface area contributed by atoms with Crippen LogP contribution >= 0.6 is 0 Å². The fraction of sp³-hybridized carbons (Fsp3) is 0.368. The molecule has 7 heteroatoms. The first-order valence-corrected chi connectivity index (χ1v) is 8.66. The van der Waals surface area contributed by atoms with Gasteiger partial charge in [-0.1, -0.05) is 12.1 Å². The third-order valence-corrected chi connectivity index (χ3v) is 4.55. The highest BCUT2D eigenvalue weighted by Gasteiger charge is 2.22. The van der Waals surface area contributed by atoms with Crippen molar-refractivity contribution in [2.45, 2.75) is 13.3 Å². The van der Waals surface area contributed by atoms with Gasteiger partial charge in [0.25, 0.3) is 5.91 Å². The van der Waals surface area contributed by atoms with Crippen LogP contribution in [-0.2, 0) is 4.79 Å². The maximum Gasteiger partial charge on any atom is 0.254 e. The first-order valence-electron chi connectivity index (χ1n) is 8.66. The summed E-state index contributed by atoms with van der Waals surface area (Å²) in [5.41, 5.74) is 1.05. The van der Waals surface area contributed by atoms with E-state index in [1.807, 2.05) is 4.90 Å². The molecular formula is C19H22FN3O3. The zero-order valence-electron chi connectivity index (χ0n) is 14.7. The molecule has 1 aromatic heterocycles. The molecule has 138 valence electrons. The number of rotatable bonds is 5. The van der Waals surface area contributed by atoms with Crippen molar-refractivity contribution in [2.75, 3.05) is 37.6 Å². The number of nitrogens with zero attached hydrogens (tertiary/aromatic N) is 2. The molecule has 1 N–H and O–H groups in total. The van der Waals surface area contributed by atoms with E-state index in [1.54, 1.807) is 36.1 Å². The second-order valence-electron chi connectivity index (χ2n) is 6.22. The number of halogens is 1. The summed E-state index contributed by atoms with van der Waals surface area (Å²) >= 11 is 0.